The zero-order chi connectivity index (χ0) is 8.15. The minimum Gasteiger partial charge on any atom is -0.480 e. The van der Waals surface area contributed by atoms with E-state index in [0.717, 1.165) is 0 Å². The zero-order valence-corrected chi connectivity index (χ0v) is 6.15. The van der Waals surface area contributed by atoms with Crippen molar-refractivity contribution >= 4 is 17.6 Å². The van der Waals surface area contributed by atoms with E-state index in [1.54, 1.807) is 6.26 Å². The Morgan fingerprint density at radius 1 is 2.11 bits per heavy atom. The number of hydrogen-bond acceptors (Lipinski definition) is 2. The van der Waals surface area contributed by atoms with Crippen molar-refractivity contribution in [3.05, 3.63) is 0 Å². The summed E-state index contributed by atoms with van der Waals surface area (Å²) < 4.78 is 7.09. The van der Waals surface area contributed by atoms with E-state index in [9.17, 15) is 4.79 Å². The third-order valence-corrected chi connectivity index (χ3v) is 1.59. The molecule has 0 radical (unpaired) electrons. The van der Waals surface area contributed by atoms with Gasteiger partial charge in [-0.05, 0) is 11.7 Å². The van der Waals surface area contributed by atoms with Crippen molar-refractivity contribution in [2.24, 2.45) is 5.73 Å². The highest BCUT2D eigenvalue weighted by atomic mass is 32.2. The molecular weight excluding hydrogens is 138 g/mol. The quantitative estimate of drug-likeness (QED) is 0.410. The van der Waals surface area contributed by atoms with Crippen LogP contribution in [0.3, 0.4) is 0 Å². The fourth-order valence-electron chi connectivity index (χ4n) is 0.368. The fraction of sp³-hybridized carbons (Fsp3) is 0.800. The molecule has 0 rings (SSSR count). The zero-order valence-electron chi connectivity index (χ0n) is 6.33. The van der Waals surface area contributed by atoms with Crippen molar-refractivity contribution in [1.82, 2.24) is 0 Å². The van der Waals surface area contributed by atoms with Crippen LogP contribution in [-0.2, 0) is 16.5 Å². The molecule has 4 heteroatoms. The second-order valence-corrected chi connectivity index (χ2v) is 2.71. The van der Waals surface area contributed by atoms with Crippen LogP contribution in [0, 0.1) is 0 Å². The summed E-state index contributed by atoms with van der Waals surface area (Å²) in [6.07, 6.45) is 2.15. The number of rotatable bonds is 4. The van der Waals surface area contributed by atoms with Crippen LogP contribution in [-0.4, -0.2) is 30.3 Å². The predicted molar refractivity (Wildman–Crippen MR) is 39.8 cm³/mol. The summed E-state index contributed by atoms with van der Waals surface area (Å²) in [6, 6.07) is -0.791. The fourth-order valence-corrected chi connectivity index (χ4v) is 0.858. The van der Waals surface area contributed by atoms with E-state index in [-0.39, 0.29) is 0 Å². The van der Waals surface area contributed by atoms with Crippen molar-refractivity contribution < 1.29 is 9.90 Å². The second kappa shape index (κ2) is 4.64. The number of aliphatic carboxylic acids is 1. The van der Waals surface area contributed by atoms with Gasteiger partial charge in [-0.3, -0.25) is 4.79 Å². The predicted octanol–water partition coefficient (Wildman–Crippen LogP) is -0.767. The van der Waals surface area contributed by atoms with E-state index >= 15 is 0 Å². The van der Waals surface area contributed by atoms with Crippen molar-refractivity contribution in [3.63, 3.8) is 0 Å². The Balaban J connectivity index is 3.40. The first-order valence-electron chi connectivity index (χ1n) is 3.06. The Bertz CT molecular complexity index is 120. The van der Waals surface area contributed by atoms with Gasteiger partial charge in [0.15, 0.2) is 0 Å². The van der Waals surface area contributed by atoms with Crippen LogP contribution in [0.1, 0.15) is 6.42 Å². The normalized spacial score (nSPS) is 18.2. The number of thiol groups is 1. The highest BCUT2D eigenvalue weighted by Gasteiger charge is 2.11. The lowest BCUT2D eigenvalue weighted by Crippen LogP contribution is -2.30. The molecule has 2 atom stereocenters. The van der Waals surface area contributed by atoms with Gasteiger partial charge in [-0.2, -0.15) is 0 Å². The molecule has 1 unspecified atom stereocenters. The SMILES string of the molecule is [2H][S+](C)CC[C@H](N)C(=O)O. The van der Waals surface area contributed by atoms with Gasteiger partial charge >= 0.3 is 7.09 Å². The molecule has 0 spiro atoms. The maximum Gasteiger partial charge on any atom is 0.358 e. The Labute approximate surface area is 59.7 Å². The molecule has 3 N–H and O–H groups in total. The minimum absolute atomic E-state index is 0.401. The van der Waals surface area contributed by atoms with E-state index in [4.69, 9.17) is 12.0 Å². The van der Waals surface area contributed by atoms with Gasteiger partial charge in [0.2, 0.25) is 0 Å². The molecule has 0 amide bonds. The summed E-state index contributed by atoms with van der Waals surface area (Å²) in [4.78, 5) is 10.1. The van der Waals surface area contributed by atoms with Crippen LogP contribution in [0.25, 0.3) is 0 Å². The van der Waals surface area contributed by atoms with Gasteiger partial charge in [0.25, 0.3) is 0 Å². The van der Waals surface area contributed by atoms with Crippen molar-refractivity contribution in [1.29, 1.82) is 1.12 Å². The van der Waals surface area contributed by atoms with Crippen molar-refractivity contribution in [3.8, 4) is 0 Å². The number of nitrogens with two attached hydrogens (primary N) is 1. The number of carboxylic acid groups (broad SMARTS) is 1. The Morgan fingerprint density at radius 2 is 2.67 bits per heavy atom. The number of carbonyl (C=O) groups is 1. The molecule has 0 heterocycles. The molecule has 0 aromatic rings. The van der Waals surface area contributed by atoms with Crippen LogP contribution in [0.5, 0.6) is 0 Å². The smallest absolute Gasteiger partial charge is 0.358 e. The van der Waals surface area contributed by atoms with Gasteiger partial charge in [0.05, 0.1) is 6.26 Å². The molecule has 3 nitrogen and oxygen atoms in total. The molecule has 0 aromatic carbocycles. The number of carboxylic acids is 1. The van der Waals surface area contributed by atoms with Gasteiger partial charge in [-0.1, -0.05) is 0 Å². The summed E-state index contributed by atoms with van der Waals surface area (Å²) in [7, 11) is 0. The Morgan fingerprint density at radius 3 is 3.00 bits per heavy atom. The first-order chi connectivity index (χ1) is 4.54. The molecule has 0 aliphatic rings. The Hall–Kier alpha value is -0.220. The van der Waals surface area contributed by atoms with Crippen LogP contribution in [0.15, 0.2) is 0 Å². The van der Waals surface area contributed by atoms with Gasteiger partial charge in [-0.15, -0.1) is 0 Å². The second-order valence-electron chi connectivity index (χ2n) is 1.73. The molecule has 0 fully saturated rings. The first kappa shape index (κ1) is 6.89. The maximum absolute atomic E-state index is 10.1. The van der Waals surface area contributed by atoms with Crippen LogP contribution in [0.4, 0.5) is 0 Å². The lowest BCUT2D eigenvalue weighted by atomic mass is 10.2. The van der Waals surface area contributed by atoms with Crippen LogP contribution >= 0.6 is 0 Å². The maximum atomic E-state index is 10.1. The lowest BCUT2D eigenvalue weighted by molar-refractivity contribution is -0.138. The summed E-state index contributed by atoms with van der Waals surface area (Å²) in [5, 5.41) is 8.31. The first-order valence-corrected chi connectivity index (χ1v) is 4.05. The summed E-state index contributed by atoms with van der Waals surface area (Å²) in [6.45, 7) is 0. The number of hydrogen-bond donors (Lipinski definition) is 2. The van der Waals surface area contributed by atoms with Gasteiger partial charge in [0, 0.05) is 6.42 Å². The summed E-state index contributed by atoms with van der Waals surface area (Å²) in [5.74, 6) is -0.404. The van der Waals surface area contributed by atoms with Crippen LogP contribution in [0.2, 0.25) is 0 Å². The summed E-state index contributed by atoms with van der Waals surface area (Å²) in [5.41, 5.74) is 5.19. The summed E-state index contributed by atoms with van der Waals surface area (Å²) >= 11 is -0.446. The molecule has 0 aromatic heterocycles. The molecule has 0 aliphatic carbocycles. The van der Waals surface area contributed by atoms with E-state index in [2.05, 4.69) is 0 Å². The average Bonchev–Trinajstić information content (AvgIpc) is 1.82. The molecule has 9 heavy (non-hydrogen) atoms. The average molecular weight is 151 g/mol. The van der Waals surface area contributed by atoms with Crippen molar-refractivity contribution in [2.75, 3.05) is 12.0 Å². The van der Waals surface area contributed by atoms with E-state index < -0.39 is 23.7 Å². The standard InChI is InChI=1S/C5H11NO2S/c1-9-3-2-4(6)5(7)8/h4H,2-3,6H2,1H3,(H,7,8)/p+1/t4-/m0/s1/i/hD. The van der Waals surface area contributed by atoms with Gasteiger partial charge in [-0.25, -0.2) is 0 Å². The third kappa shape index (κ3) is 4.29. The minimum atomic E-state index is -0.981. The molecule has 54 valence electrons. The van der Waals surface area contributed by atoms with E-state index in [1.807, 2.05) is 0 Å². The van der Waals surface area contributed by atoms with Crippen molar-refractivity contribution in [2.45, 2.75) is 12.5 Å². The molecule has 0 saturated heterocycles. The Kier molecular flexibility index (Phi) is 3.55. The third-order valence-electron chi connectivity index (χ3n) is 0.950. The lowest BCUT2D eigenvalue weighted by Gasteiger charge is -1.99. The van der Waals surface area contributed by atoms with Gasteiger partial charge < -0.3 is 10.8 Å². The van der Waals surface area contributed by atoms with Crippen LogP contribution < -0.4 is 5.73 Å². The highest BCUT2D eigenvalue weighted by molar-refractivity contribution is 7.77. The largest absolute Gasteiger partial charge is 0.480 e. The van der Waals surface area contributed by atoms with E-state index in [1.165, 1.54) is 0 Å². The molecule has 0 saturated carbocycles. The molecule has 0 aliphatic heterocycles. The highest BCUT2D eigenvalue weighted by Crippen LogP contribution is 1.87. The van der Waals surface area contributed by atoms with Gasteiger partial charge in [0.1, 0.15) is 11.8 Å². The molecular formula is C5H12NO2S+. The topological polar surface area (TPSA) is 63.3 Å². The molecule has 0 bridgehead atoms. The monoisotopic (exact) mass is 151 g/mol. The van der Waals surface area contributed by atoms with E-state index in [0.29, 0.717) is 12.2 Å².